The van der Waals surface area contributed by atoms with E-state index in [4.69, 9.17) is 11.6 Å². The minimum Gasteiger partial charge on any atom is -0.268 e. The topological polar surface area (TPSA) is 34.9 Å². The predicted octanol–water partition coefficient (Wildman–Crippen LogP) is 3.83. The maximum Gasteiger partial charge on any atom is 0.268 e. The van der Waals surface area contributed by atoms with Crippen LogP contribution < -0.4 is 0 Å². The second-order valence-corrected chi connectivity index (χ2v) is 4.79. The van der Waals surface area contributed by atoms with E-state index in [1.165, 1.54) is 22.8 Å². The molecule has 0 saturated heterocycles. The average molecular weight is 289 g/mol. The van der Waals surface area contributed by atoms with Crippen molar-refractivity contribution in [2.75, 3.05) is 0 Å². The lowest BCUT2D eigenvalue weighted by Crippen LogP contribution is -2.15. The highest BCUT2D eigenvalue weighted by atomic mass is 35.5. The van der Waals surface area contributed by atoms with Gasteiger partial charge in [0.15, 0.2) is 0 Å². The minimum absolute atomic E-state index is 0.0900. The number of carbonyl (C=O) groups is 1. The van der Waals surface area contributed by atoms with Crippen LogP contribution in [0, 0.1) is 12.7 Å². The van der Waals surface area contributed by atoms with Crippen molar-refractivity contribution in [3.8, 4) is 0 Å². The van der Waals surface area contributed by atoms with E-state index in [9.17, 15) is 9.18 Å². The van der Waals surface area contributed by atoms with Gasteiger partial charge in [-0.15, -0.1) is 0 Å². The fraction of sp³-hybridized carbons (Fsp3) is 0.0667. The van der Waals surface area contributed by atoms with Gasteiger partial charge in [-0.3, -0.25) is 9.36 Å². The van der Waals surface area contributed by atoms with Crippen LogP contribution in [0.25, 0.3) is 11.0 Å². The Morgan fingerprint density at radius 2 is 1.95 bits per heavy atom. The van der Waals surface area contributed by atoms with E-state index in [-0.39, 0.29) is 10.6 Å². The third-order valence-corrected chi connectivity index (χ3v) is 3.42. The summed E-state index contributed by atoms with van der Waals surface area (Å²) in [5.41, 5.74) is 1.18. The van der Waals surface area contributed by atoms with Gasteiger partial charge in [-0.1, -0.05) is 29.8 Å². The Bertz CT molecular complexity index is 806. The van der Waals surface area contributed by atoms with Gasteiger partial charge in [-0.25, -0.2) is 9.37 Å². The molecule has 3 aromatic rings. The molecule has 0 bridgehead atoms. The number of para-hydroxylation sites is 2. The van der Waals surface area contributed by atoms with Crippen molar-refractivity contribution < 1.29 is 9.18 Å². The van der Waals surface area contributed by atoms with Crippen LogP contribution in [0.3, 0.4) is 0 Å². The number of carbonyl (C=O) groups excluding carboxylic acids is 1. The summed E-state index contributed by atoms with van der Waals surface area (Å²) in [5, 5.41) is 0.0900. The first-order chi connectivity index (χ1) is 9.59. The number of nitrogens with zero attached hydrogens (tertiary/aromatic N) is 2. The van der Waals surface area contributed by atoms with E-state index in [0.717, 1.165) is 0 Å². The van der Waals surface area contributed by atoms with Crippen molar-refractivity contribution in [3.05, 3.63) is 64.7 Å². The third-order valence-electron chi connectivity index (χ3n) is 3.11. The molecule has 5 heteroatoms. The van der Waals surface area contributed by atoms with Crippen molar-refractivity contribution >= 4 is 28.5 Å². The van der Waals surface area contributed by atoms with Crippen LogP contribution in [0.5, 0.6) is 0 Å². The number of hydrogen-bond donors (Lipinski definition) is 0. The van der Waals surface area contributed by atoms with Gasteiger partial charge in [-0.05, 0) is 31.2 Å². The van der Waals surface area contributed by atoms with E-state index in [0.29, 0.717) is 16.9 Å². The van der Waals surface area contributed by atoms with Crippen LogP contribution in [0.2, 0.25) is 5.02 Å². The van der Waals surface area contributed by atoms with Crippen molar-refractivity contribution in [1.29, 1.82) is 0 Å². The molecule has 1 heterocycles. The van der Waals surface area contributed by atoms with E-state index in [2.05, 4.69) is 4.98 Å². The van der Waals surface area contributed by atoms with E-state index >= 15 is 0 Å². The van der Waals surface area contributed by atoms with E-state index in [1.54, 1.807) is 25.1 Å². The number of fused-ring (bicyclic) bond motifs is 1. The zero-order valence-electron chi connectivity index (χ0n) is 10.6. The van der Waals surface area contributed by atoms with Gasteiger partial charge in [0.2, 0.25) is 0 Å². The summed E-state index contributed by atoms with van der Waals surface area (Å²) >= 11 is 5.95. The number of halogens is 2. The molecule has 1 aromatic heterocycles. The molecule has 0 N–H and O–H groups in total. The molecule has 0 aliphatic rings. The second kappa shape index (κ2) is 4.72. The Kier molecular flexibility index (Phi) is 3.03. The van der Waals surface area contributed by atoms with Gasteiger partial charge in [-0.2, -0.15) is 0 Å². The van der Waals surface area contributed by atoms with Gasteiger partial charge >= 0.3 is 0 Å². The molecule has 0 atom stereocenters. The smallest absolute Gasteiger partial charge is 0.268 e. The van der Waals surface area contributed by atoms with Gasteiger partial charge in [0.05, 0.1) is 21.6 Å². The van der Waals surface area contributed by atoms with E-state index < -0.39 is 11.7 Å². The van der Waals surface area contributed by atoms with Gasteiger partial charge < -0.3 is 0 Å². The van der Waals surface area contributed by atoms with Crippen LogP contribution >= 0.6 is 11.6 Å². The first kappa shape index (κ1) is 12.8. The molecule has 0 unspecified atom stereocenters. The zero-order chi connectivity index (χ0) is 14.3. The van der Waals surface area contributed by atoms with Crippen LogP contribution in [0.15, 0.2) is 42.5 Å². The number of benzene rings is 2. The van der Waals surface area contributed by atoms with E-state index in [1.807, 2.05) is 6.07 Å². The Morgan fingerprint density at radius 1 is 1.20 bits per heavy atom. The van der Waals surface area contributed by atoms with Crippen molar-refractivity contribution in [2.45, 2.75) is 6.92 Å². The maximum atomic E-state index is 13.9. The molecule has 3 rings (SSSR count). The Balaban J connectivity index is 2.26. The van der Waals surface area contributed by atoms with Gasteiger partial charge in [0.1, 0.15) is 11.6 Å². The molecule has 0 aliphatic carbocycles. The summed E-state index contributed by atoms with van der Waals surface area (Å²) in [6.07, 6.45) is 0. The lowest BCUT2D eigenvalue weighted by molar-refractivity contribution is 0.0958. The van der Waals surface area contributed by atoms with Gasteiger partial charge in [0, 0.05) is 0 Å². The maximum absolute atomic E-state index is 13.9. The number of aryl methyl sites for hydroxylation is 1. The highest BCUT2D eigenvalue weighted by Gasteiger charge is 2.21. The standard InChI is InChI=1S/C15H10ClFN2O/c1-9-18-12-7-2-3-8-13(12)19(9)15(20)14-10(16)5-4-6-11(14)17/h2-8H,1H3. The lowest BCUT2D eigenvalue weighted by Gasteiger charge is -2.08. The van der Waals surface area contributed by atoms with Crippen LogP contribution in [0.4, 0.5) is 4.39 Å². The third kappa shape index (κ3) is 1.89. The summed E-state index contributed by atoms with van der Waals surface area (Å²) < 4.78 is 15.3. The van der Waals surface area contributed by atoms with Crippen LogP contribution in [0.1, 0.15) is 16.2 Å². The highest BCUT2D eigenvalue weighted by Crippen LogP contribution is 2.23. The van der Waals surface area contributed by atoms with Crippen molar-refractivity contribution in [1.82, 2.24) is 9.55 Å². The molecule has 0 spiro atoms. The Labute approximate surface area is 119 Å². The summed E-state index contributed by atoms with van der Waals surface area (Å²) in [7, 11) is 0. The Hall–Kier alpha value is -2.20. The molecular formula is C15H10ClFN2O. The van der Waals surface area contributed by atoms with Gasteiger partial charge in [0.25, 0.3) is 5.91 Å². The molecule has 2 aromatic carbocycles. The number of hydrogen-bond acceptors (Lipinski definition) is 2. The highest BCUT2D eigenvalue weighted by molar-refractivity contribution is 6.34. The summed E-state index contributed by atoms with van der Waals surface area (Å²) in [4.78, 5) is 16.9. The normalized spacial score (nSPS) is 10.9. The second-order valence-electron chi connectivity index (χ2n) is 4.38. The molecule has 20 heavy (non-hydrogen) atoms. The molecule has 0 fully saturated rings. The Morgan fingerprint density at radius 3 is 2.70 bits per heavy atom. The summed E-state index contributed by atoms with van der Waals surface area (Å²) in [6, 6.07) is 11.4. The molecule has 3 nitrogen and oxygen atoms in total. The number of imidazole rings is 1. The molecule has 0 saturated carbocycles. The zero-order valence-corrected chi connectivity index (χ0v) is 11.4. The van der Waals surface area contributed by atoms with Crippen molar-refractivity contribution in [2.24, 2.45) is 0 Å². The summed E-state index contributed by atoms with van der Waals surface area (Å²) in [5.74, 6) is -0.658. The fourth-order valence-corrected chi connectivity index (χ4v) is 2.46. The molecule has 0 amide bonds. The first-order valence-electron chi connectivity index (χ1n) is 6.02. The molecular weight excluding hydrogens is 279 g/mol. The van der Waals surface area contributed by atoms with Crippen LogP contribution in [-0.2, 0) is 0 Å². The average Bonchev–Trinajstić information content (AvgIpc) is 2.74. The predicted molar refractivity (Wildman–Crippen MR) is 75.6 cm³/mol. The number of aromatic nitrogens is 2. The first-order valence-corrected chi connectivity index (χ1v) is 6.40. The van der Waals surface area contributed by atoms with Crippen molar-refractivity contribution in [3.63, 3.8) is 0 Å². The number of rotatable bonds is 1. The largest absolute Gasteiger partial charge is 0.268 e. The molecule has 0 radical (unpaired) electrons. The van der Waals surface area contributed by atoms with Crippen LogP contribution in [-0.4, -0.2) is 15.5 Å². The minimum atomic E-state index is -0.639. The summed E-state index contributed by atoms with van der Waals surface area (Å²) in [6.45, 7) is 1.70. The fourth-order valence-electron chi connectivity index (χ4n) is 2.22. The monoisotopic (exact) mass is 288 g/mol. The quantitative estimate of drug-likeness (QED) is 0.682. The lowest BCUT2D eigenvalue weighted by atomic mass is 10.2. The molecule has 0 aliphatic heterocycles. The SMILES string of the molecule is Cc1nc2ccccc2n1C(=O)c1c(F)cccc1Cl. The molecule has 100 valence electrons.